The molecule has 100 valence electrons. The summed E-state index contributed by atoms with van der Waals surface area (Å²) < 4.78 is 0. The number of hydrogen-bond acceptors (Lipinski definition) is 1. The van der Waals surface area contributed by atoms with E-state index in [9.17, 15) is 0 Å². The van der Waals surface area contributed by atoms with Gasteiger partial charge in [0.1, 0.15) is 0 Å². The Balaban J connectivity index is 2.03. The highest BCUT2D eigenvalue weighted by Crippen LogP contribution is 2.36. The molecule has 0 saturated heterocycles. The van der Waals surface area contributed by atoms with E-state index >= 15 is 0 Å². The highest BCUT2D eigenvalue weighted by molar-refractivity contribution is 5.49. The molecular weight excluding hydrogens is 218 g/mol. The molecule has 1 atom stereocenters. The van der Waals surface area contributed by atoms with E-state index in [-0.39, 0.29) is 0 Å². The van der Waals surface area contributed by atoms with Gasteiger partial charge in [0.05, 0.1) is 0 Å². The highest BCUT2D eigenvalue weighted by Gasteiger charge is 2.27. The molecule has 1 aliphatic rings. The lowest BCUT2D eigenvalue weighted by Gasteiger charge is -2.36. The third kappa shape index (κ3) is 3.28. The van der Waals surface area contributed by atoms with Gasteiger partial charge >= 0.3 is 0 Å². The first-order valence-corrected chi connectivity index (χ1v) is 7.36. The van der Waals surface area contributed by atoms with Crippen molar-refractivity contribution in [3.63, 3.8) is 0 Å². The van der Waals surface area contributed by atoms with E-state index in [4.69, 9.17) is 0 Å². The van der Waals surface area contributed by atoms with Crippen LogP contribution in [0.25, 0.3) is 0 Å². The molecule has 1 aliphatic carbocycles. The minimum absolute atomic E-state index is 0.508. The number of aryl methyl sites for hydroxylation is 2. The van der Waals surface area contributed by atoms with Crippen molar-refractivity contribution < 1.29 is 0 Å². The molecule has 1 saturated carbocycles. The van der Waals surface area contributed by atoms with E-state index in [0.717, 1.165) is 6.42 Å². The lowest BCUT2D eigenvalue weighted by molar-refractivity contribution is 0.229. The fourth-order valence-corrected chi connectivity index (χ4v) is 3.24. The van der Waals surface area contributed by atoms with Crippen LogP contribution in [0.5, 0.6) is 0 Å². The predicted molar refractivity (Wildman–Crippen MR) is 80.2 cm³/mol. The van der Waals surface area contributed by atoms with Crippen molar-refractivity contribution in [3.05, 3.63) is 29.3 Å². The average molecular weight is 245 g/mol. The molecule has 0 heterocycles. The molecule has 1 fully saturated rings. The Labute approximate surface area is 112 Å². The largest absolute Gasteiger partial charge is 0.382 e. The van der Waals surface area contributed by atoms with Crippen LogP contribution in [0.1, 0.15) is 57.6 Å². The van der Waals surface area contributed by atoms with Crippen molar-refractivity contribution in [2.24, 2.45) is 5.41 Å². The van der Waals surface area contributed by atoms with Gasteiger partial charge in [0.25, 0.3) is 0 Å². The third-order valence-corrected chi connectivity index (χ3v) is 4.30. The molecule has 1 aromatic rings. The molecule has 18 heavy (non-hydrogen) atoms. The fourth-order valence-electron chi connectivity index (χ4n) is 3.24. The van der Waals surface area contributed by atoms with E-state index < -0.39 is 0 Å². The summed E-state index contributed by atoms with van der Waals surface area (Å²) in [6, 6.07) is 7.47. The van der Waals surface area contributed by atoms with E-state index in [2.05, 4.69) is 51.2 Å². The smallest absolute Gasteiger partial charge is 0.0345 e. The van der Waals surface area contributed by atoms with Gasteiger partial charge in [-0.15, -0.1) is 0 Å². The van der Waals surface area contributed by atoms with E-state index in [1.54, 1.807) is 0 Å². The van der Waals surface area contributed by atoms with Crippen LogP contribution < -0.4 is 5.32 Å². The van der Waals surface area contributed by atoms with Crippen LogP contribution in [0.3, 0.4) is 0 Å². The van der Waals surface area contributed by atoms with Crippen LogP contribution in [0, 0.1) is 12.3 Å². The van der Waals surface area contributed by atoms with Crippen molar-refractivity contribution in [2.45, 2.75) is 65.8 Å². The van der Waals surface area contributed by atoms with Crippen LogP contribution in [-0.4, -0.2) is 6.04 Å². The maximum Gasteiger partial charge on any atom is 0.0345 e. The molecule has 0 bridgehead atoms. The van der Waals surface area contributed by atoms with Crippen molar-refractivity contribution in [1.29, 1.82) is 0 Å². The van der Waals surface area contributed by atoms with Gasteiger partial charge in [-0.1, -0.05) is 33.3 Å². The minimum atomic E-state index is 0.508. The van der Waals surface area contributed by atoms with Crippen molar-refractivity contribution in [3.8, 4) is 0 Å². The SMILES string of the molecule is CCc1ccc(NC2CCCC(C)(C)C2)cc1C. The zero-order valence-corrected chi connectivity index (χ0v) is 12.3. The van der Waals surface area contributed by atoms with E-state index in [1.807, 2.05) is 0 Å². The molecule has 0 amide bonds. The molecule has 1 nitrogen and oxygen atoms in total. The number of benzene rings is 1. The normalized spacial score (nSPS) is 22.8. The summed E-state index contributed by atoms with van der Waals surface area (Å²) in [6.45, 7) is 9.23. The van der Waals surface area contributed by atoms with Crippen LogP contribution >= 0.6 is 0 Å². The highest BCUT2D eigenvalue weighted by atomic mass is 14.9. The van der Waals surface area contributed by atoms with Gasteiger partial charge in [-0.2, -0.15) is 0 Å². The van der Waals surface area contributed by atoms with E-state index in [0.29, 0.717) is 11.5 Å². The Morgan fingerprint density at radius 1 is 1.33 bits per heavy atom. The summed E-state index contributed by atoms with van der Waals surface area (Å²) in [5, 5.41) is 3.73. The molecule has 1 unspecified atom stereocenters. The maximum absolute atomic E-state index is 3.73. The zero-order chi connectivity index (χ0) is 13.2. The van der Waals surface area contributed by atoms with Gasteiger partial charge in [0.2, 0.25) is 0 Å². The topological polar surface area (TPSA) is 12.0 Å². The molecule has 1 N–H and O–H groups in total. The molecule has 0 aromatic heterocycles. The zero-order valence-electron chi connectivity index (χ0n) is 12.3. The maximum atomic E-state index is 3.73. The second-order valence-corrected chi connectivity index (χ2v) is 6.60. The number of anilines is 1. The fraction of sp³-hybridized carbons (Fsp3) is 0.647. The predicted octanol–water partition coefficient (Wildman–Crippen LogP) is 4.94. The number of nitrogens with one attached hydrogen (secondary N) is 1. The van der Waals surface area contributed by atoms with Crippen molar-refractivity contribution in [1.82, 2.24) is 0 Å². The lowest BCUT2D eigenvalue weighted by Crippen LogP contribution is -2.31. The number of rotatable bonds is 3. The Kier molecular flexibility index (Phi) is 3.99. The first kappa shape index (κ1) is 13.5. The van der Waals surface area contributed by atoms with Crippen LogP contribution in [-0.2, 0) is 6.42 Å². The van der Waals surface area contributed by atoms with Crippen molar-refractivity contribution >= 4 is 5.69 Å². The Morgan fingerprint density at radius 2 is 2.11 bits per heavy atom. The summed E-state index contributed by atoms with van der Waals surface area (Å²) in [5.41, 5.74) is 4.68. The summed E-state index contributed by atoms with van der Waals surface area (Å²) in [7, 11) is 0. The second-order valence-electron chi connectivity index (χ2n) is 6.60. The molecule has 0 spiro atoms. The Hall–Kier alpha value is -0.980. The Bertz CT molecular complexity index is 406. The standard InChI is InChI=1S/C17H27N/c1-5-14-8-9-15(11-13(14)2)18-16-7-6-10-17(3,4)12-16/h8-9,11,16,18H,5-7,10,12H2,1-4H3. The molecule has 0 aliphatic heterocycles. The third-order valence-electron chi connectivity index (χ3n) is 4.30. The Morgan fingerprint density at radius 3 is 2.72 bits per heavy atom. The molecule has 2 rings (SSSR count). The average Bonchev–Trinajstić information content (AvgIpc) is 2.28. The molecule has 0 radical (unpaired) electrons. The second kappa shape index (κ2) is 5.34. The minimum Gasteiger partial charge on any atom is -0.382 e. The van der Waals surface area contributed by atoms with Gasteiger partial charge in [0.15, 0.2) is 0 Å². The van der Waals surface area contributed by atoms with E-state index in [1.165, 1.54) is 42.5 Å². The quantitative estimate of drug-likeness (QED) is 0.795. The van der Waals surface area contributed by atoms with Crippen LogP contribution in [0.15, 0.2) is 18.2 Å². The van der Waals surface area contributed by atoms with Gasteiger partial charge in [-0.25, -0.2) is 0 Å². The van der Waals surface area contributed by atoms with Gasteiger partial charge in [-0.05, 0) is 61.3 Å². The summed E-state index contributed by atoms with van der Waals surface area (Å²) in [4.78, 5) is 0. The van der Waals surface area contributed by atoms with Crippen LogP contribution in [0.4, 0.5) is 5.69 Å². The monoisotopic (exact) mass is 245 g/mol. The van der Waals surface area contributed by atoms with Gasteiger partial charge < -0.3 is 5.32 Å². The van der Waals surface area contributed by atoms with Crippen molar-refractivity contribution in [2.75, 3.05) is 5.32 Å². The first-order chi connectivity index (χ1) is 8.50. The van der Waals surface area contributed by atoms with Gasteiger partial charge in [0, 0.05) is 11.7 Å². The van der Waals surface area contributed by atoms with Crippen LogP contribution in [0.2, 0.25) is 0 Å². The molecular formula is C17H27N. The lowest BCUT2D eigenvalue weighted by atomic mass is 9.75. The number of hydrogen-bond donors (Lipinski definition) is 1. The summed E-state index contributed by atoms with van der Waals surface area (Å²) in [5.74, 6) is 0. The molecule has 1 aromatic carbocycles. The molecule has 1 heteroatoms. The van der Waals surface area contributed by atoms with Gasteiger partial charge in [-0.3, -0.25) is 0 Å². The first-order valence-electron chi connectivity index (χ1n) is 7.36. The summed E-state index contributed by atoms with van der Waals surface area (Å²) in [6.07, 6.45) is 6.47. The summed E-state index contributed by atoms with van der Waals surface area (Å²) >= 11 is 0.